The van der Waals surface area contributed by atoms with Gasteiger partial charge in [0, 0.05) is 5.56 Å². The molecule has 1 aromatic heterocycles. The third-order valence-electron chi connectivity index (χ3n) is 4.44. The fraction of sp³-hybridized carbons (Fsp3) is 0.227. The van der Waals surface area contributed by atoms with E-state index >= 15 is 0 Å². The molecule has 0 amide bonds. The predicted molar refractivity (Wildman–Crippen MR) is 102 cm³/mol. The molecule has 29 heavy (non-hydrogen) atoms. The second-order valence-electron chi connectivity index (χ2n) is 6.53. The van der Waals surface area contributed by atoms with E-state index in [-0.39, 0.29) is 11.1 Å². The second-order valence-corrected chi connectivity index (χ2v) is 6.53. The van der Waals surface area contributed by atoms with Gasteiger partial charge in [-0.15, -0.1) is 0 Å². The summed E-state index contributed by atoms with van der Waals surface area (Å²) in [7, 11) is 0. The lowest BCUT2D eigenvalue weighted by atomic mass is 10.1. The zero-order chi connectivity index (χ0) is 21.0. The Morgan fingerprint density at radius 2 is 1.66 bits per heavy atom. The monoisotopic (exact) mass is 397 g/mol. The van der Waals surface area contributed by atoms with Crippen LogP contribution in [0.1, 0.15) is 44.7 Å². The van der Waals surface area contributed by atoms with Crippen LogP contribution in [0.2, 0.25) is 0 Å². The average molecular weight is 397 g/mol. The summed E-state index contributed by atoms with van der Waals surface area (Å²) in [6.07, 6.45) is -0.997. The van der Waals surface area contributed by atoms with Gasteiger partial charge in [-0.2, -0.15) is 0 Å². The molecule has 0 fully saturated rings. The van der Waals surface area contributed by atoms with Gasteiger partial charge in [0.15, 0.2) is 6.10 Å². The van der Waals surface area contributed by atoms with E-state index in [0.29, 0.717) is 18.1 Å². The molecular weight excluding hydrogens is 377 g/mol. The summed E-state index contributed by atoms with van der Waals surface area (Å²) < 4.78 is 29.0. The van der Waals surface area contributed by atoms with E-state index in [1.165, 1.54) is 31.2 Å². The van der Waals surface area contributed by atoms with E-state index in [9.17, 15) is 14.0 Å². The highest BCUT2D eigenvalue weighted by Gasteiger charge is 2.20. The molecule has 6 nitrogen and oxygen atoms in total. The molecule has 0 saturated carbocycles. The maximum atomic E-state index is 13.0. The Balaban J connectivity index is 1.58. The fourth-order valence-electron chi connectivity index (χ4n) is 2.68. The fourth-order valence-corrected chi connectivity index (χ4v) is 2.68. The van der Waals surface area contributed by atoms with Gasteiger partial charge in [-0.05, 0) is 69.3 Å². The smallest absolute Gasteiger partial charge is 0.338 e. The van der Waals surface area contributed by atoms with Gasteiger partial charge in [0.1, 0.15) is 23.9 Å². The highest BCUT2D eigenvalue weighted by molar-refractivity contribution is 6.01. The number of ether oxygens (including phenoxy) is 2. The van der Waals surface area contributed by atoms with E-state index in [0.717, 1.165) is 11.3 Å². The molecule has 0 spiro atoms. The number of esters is 1. The molecule has 0 unspecified atom stereocenters. The molecule has 0 aliphatic heterocycles. The molecule has 0 aliphatic rings. The van der Waals surface area contributed by atoms with Crippen molar-refractivity contribution in [2.24, 2.45) is 0 Å². The molecule has 3 aromatic rings. The summed E-state index contributed by atoms with van der Waals surface area (Å²) in [6.45, 7) is 5.42. The number of aromatic nitrogens is 1. The van der Waals surface area contributed by atoms with Crippen molar-refractivity contribution < 1.29 is 28.0 Å². The number of Topliss-reactive ketones (excluding diaryl/α,β-unsaturated/α-hetero) is 1. The lowest BCUT2D eigenvalue weighted by Gasteiger charge is -2.13. The van der Waals surface area contributed by atoms with Crippen LogP contribution in [0.4, 0.5) is 4.39 Å². The van der Waals surface area contributed by atoms with Crippen LogP contribution in [0.3, 0.4) is 0 Å². The Morgan fingerprint density at radius 1 is 1.03 bits per heavy atom. The Kier molecular flexibility index (Phi) is 6.07. The number of carbonyl (C=O) groups excluding carboxylic acids is 2. The van der Waals surface area contributed by atoms with Gasteiger partial charge < -0.3 is 14.0 Å². The summed E-state index contributed by atoms with van der Waals surface area (Å²) in [5.74, 6) is -0.217. The van der Waals surface area contributed by atoms with Gasteiger partial charge in [0.05, 0.1) is 16.8 Å². The summed E-state index contributed by atoms with van der Waals surface area (Å²) in [5, 5.41) is 3.87. The number of hydrogen-bond acceptors (Lipinski definition) is 6. The molecule has 0 saturated heterocycles. The third-order valence-corrected chi connectivity index (χ3v) is 4.44. The van der Waals surface area contributed by atoms with Gasteiger partial charge >= 0.3 is 5.97 Å². The Bertz CT molecular complexity index is 989. The third kappa shape index (κ3) is 4.87. The Morgan fingerprint density at radius 3 is 2.24 bits per heavy atom. The van der Waals surface area contributed by atoms with Crippen molar-refractivity contribution in [3.63, 3.8) is 0 Å². The van der Waals surface area contributed by atoms with Crippen LogP contribution >= 0.6 is 0 Å². The number of carbonyl (C=O) groups is 2. The van der Waals surface area contributed by atoms with Crippen LogP contribution in [-0.4, -0.2) is 23.0 Å². The molecular formula is C22H20FNO5. The number of hydrogen-bond donors (Lipinski definition) is 0. The SMILES string of the molecule is Cc1noc(C)c1COc1ccc(C(=O)O[C@@H](C)C(=O)c2ccc(F)cc2)cc1. The van der Waals surface area contributed by atoms with Crippen LogP contribution in [0.5, 0.6) is 5.75 Å². The van der Waals surface area contributed by atoms with Gasteiger partial charge in [-0.25, -0.2) is 9.18 Å². The van der Waals surface area contributed by atoms with Crippen molar-refractivity contribution in [2.45, 2.75) is 33.5 Å². The predicted octanol–water partition coefficient (Wildman–Crippen LogP) is 4.44. The second kappa shape index (κ2) is 8.68. The van der Waals surface area contributed by atoms with Crippen molar-refractivity contribution in [3.05, 3.63) is 82.5 Å². The van der Waals surface area contributed by atoms with Crippen LogP contribution < -0.4 is 4.74 Å². The van der Waals surface area contributed by atoms with Crippen LogP contribution in [0.25, 0.3) is 0 Å². The number of halogens is 1. The van der Waals surface area contributed by atoms with Crippen molar-refractivity contribution in [2.75, 3.05) is 0 Å². The standard InChI is InChI=1S/C22H20FNO5/c1-13-20(14(2)29-24-13)12-27-19-10-6-17(7-11-19)22(26)28-15(3)21(25)16-4-8-18(23)9-5-16/h4-11,15H,12H2,1-3H3/t15-/m0/s1. The molecule has 3 rings (SSSR count). The maximum Gasteiger partial charge on any atom is 0.338 e. The number of nitrogens with zero attached hydrogens (tertiary/aromatic N) is 1. The van der Waals surface area contributed by atoms with Crippen molar-refractivity contribution >= 4 is 11.8 Å². The number of ketones is 1. The summed E-state index contributed by atoms with van der Waals surface area (Å²) >= 11 is 0. The molecule has 2 aromatic carbocycles. The number of rotatable bonds is 7. The minimum absolute atomic E-state index is 0.273. The van der Waals surface area contributed by atoms with Gasteiger partial charge in [0.25, 0.3) is 0 Å². The van der Waals surface area contributed by atoms with E-state index in [4.69, 9.17) is 14.0 Å². The normalized spacial score (nSPS) is 11.7. The molecule has 0 aliphatic carbocycles. The first-order valence-electron chi connectivity index (χ1n) is 9.00. The summed E-state index contributed by atoms with van der Waals surface area (Å²) in [4.78, 5) is 24.6. The van der Waals surface area contributed by atoms with Crippen molar-refractivity contribution in [1.29, 1.82) is 0 Å². The van der Waals surface area contributed by atoms with Crippen molar-refractivity contribution in [1.82, 2.24) is 5.16 Å². The van der Waals surface area contributed by atoms with Crippen LogP contribution in [0.15, 0.2) is 53.1 Å². The van der Waals surface area contributed by atoms with E-state index < -0.39 is 23.7 Å². The lowest BCUT2D eigenvalue weighted by Crippen LogP contribution is -2.24. The highest BCUT2D eigenvalue weighted by atomic mass is 19.1. The molecule has 0 radical (unpaired) electrons. The quantitative estimate of drug-likeness (QED) is 0.433. The topological polar surface area (TPSA) is 78.6 Å². The zero-order valence-electron chi connectivity index (χ0n) is 16.3. The largest absolute Gasteiger partial charge is 0.489 e. The van der Waals surface area contributed by atoms with E-state index in [1.807, 2.05) is 13.8 Å². The lowest BCUT2D eigenvalue weighted by molar-refractivity contribution is 0.0318. The molecule has 0 N–H and O–H groups in total. The Labute approximate surface area is 167 Å². The minimum Gasteiger partial charge on any atom is -0.489 e. The molecule has 1 heterocycles. The first-order chi connectivity index (χ1) is 13.8. The number of benzene rings is 2. The maximum absolute atomic E-state index is 13.0. The first kappa shape index (κ1) is 20.3. The van der Waals surface area contributed by atoms with Crippen molar-refractivity contribution in [3.8, 4) is 5.75 Å². The Hall–Kier alpha value is -3.48. The molecule has 150 valence electrons. The molecule has 7 heteroatoms. The van der Waals surface area contributed by atoms with E-state index in [1.54, 1.807) is 24.3 Å². The number of aryl methyl sites for hydroxylation is 2. The minimum atomic E-state index is -0.997. The van der Waals surface area contributed by atoms with Gasteiger partial charge in [-0.1, -0.05) is 5.16 Å². The van der Waals surface area contributed by atoms with Gasteiger partial charge in [0.2, 0.25) is 5.78 Å². The molecule has 0 bridgehead atoms. The van der Waals surface area contributed by atoms with E-state index in [2.05, 4.69) is 5.16 Å². The van der Waals surface area contributed by atoms with Gasteiger partial charge in [-0.3, -0.25) is 4.79 Å². The van der Waals surface area contributed by atoms with Crippen LogP contribution in [0, 0.1) is 19.7 Å². The highest BCUT2D eigenvalue weighted by Crippen LogP contribution is 2.19. The summed E-state index contributed by atoms with van der Waals surface area (Å²) in [5.41, 5.74) is 2.20. The first-order valence-corrected chi connectivity index (χ1v) is 9.00. The molecule has 1 atom stereocenters. The van der Waals surface area contributed by atoms with Crippen LogP contribution in [-0.2, 0) is 11.3 Å². The average Bonchev–Trinajstić information content (AvgIpc) is 3.04. The zero-order valence-corrected chi connectivity index (χ0v) is 16.3. The summed E-state index contributed by atoms with van der Waals surface area (Å²) in [6, 6.07) is 11.5.